The Labute approximate surface area is 109 Å². The van der Waals surface area contributed by atoms with Crippen LogP contribution < -0.4 is 5.56 Å². The van der Waals surface area contributed by atoms with Crippen LogP contribution in [-0.2, 0) is 6.54 Å². The van der Waals surface area contributed by atoms with Gasteiger partial charge in [-0.2, -0.15) is 0 Å². The van der Waals surface area contributed by atoms with Crippen LogP contribution in [0.5, 0.6) is 0 Å². The third-order valence-corrected chi connectivity index (χ3v) is 3.48. The van der Waals surface area contributed by atoms with Crippen molar-refractivity contribution in [2.24, 2.45) is 0 Å². The predicted molar refractivity (Wildman–Crippen MR) is 67.2 cm³/mol. The van der Waals surface area contributed by atoms with Gasteiger partial charge >= 0.3 is 0 Å². The highest BCUT2D eigenvalue weighted by molar-refractivity contribution is 9.10. The molecule has 0 spiro atoms. The maximum absolute atomic E-state index is 11.8. The van der Waals surface area contributed by atoms with Crippen molar-refractivity contribution in [3.63, 3.8) is 0 Å². The van der Waals surface area contributed by atoms with E-state index in [0.29, 0.717) is 22.1 Å². The van der Waals surface area contributed by atoms with Gasteiger partial charge in [-0.15, -0.1) is 5.10 Å². The average molecular weight is 321 g/mol. The Balaban J connectivity index is 2.43. The summed E-state index contributed by atoms with van der Waals surface area (Å²) in [6.45, 7) is 2.11. The minimum Gasteiger partial charge on any atom is -0.308 e. The Bertz CT molecular complexity index is 580. The van der Waals surface area contributed by atoms with Gasteiger partial charge in [0.1, 0.15) is 10.0 Å². The molecular formula is C9H7BrClN3OS. The number of halogens is 2. The molecule has 2 aromatic heterocycles. The fourth-order valence-corrected chi connectivity index (χ4v) is 2.51. The molecule has 4 nitrogen and oxygen atoms in total. The van der Waals surface area contributed by atoms with E-state index in [1.807, 2.05) is 0 Å². The Morgan fingerprint density at radius 3 is 3.00 bits per heavy atom. The van der Waals surface area contributed by atoms with Crippen LogP contribution in [0.25, 0.3) is 0 Å². The van der Waals surface area contributed by atoms with Crippen LogP contribution >= 0.6 is 39.1 Å². The quantitative estimate of drug-likeness (QED) is 0.854. The summed E-state index contributed by atoms with van der Waals surface area (Å²) in [5, 5.41) is 3.87. The van der Waals surface area contributed by atoms with Crippen molar-refractivity contribution in [1.82, 2.24) is 14.2 Å². The molecule has 0 N–H and O–H groups in total. The Hall–Kier alpha value is -0.720. The molecule has 0 aromatic carbocycles. The second-order valence-corrected chi connectivity index (χ2v) is 5.54. The highest BCUT2D eigenvalue weighted by atomic mass is 79.9. The maximum atomic E-state index is 11.8. The van der Waals surface area contributed by atoms with Crippen molar-refractivity contribution in [3.05, 3.63) is 42.7 Å². The third kappa shape index (κ3) is 2.34. The predicted octanol–water partition coefficient (Wildman–Crippen LogP) is 2.47. The molecule has 0 aliphatic heterocycles. The first-order chi connectivity index (χ1) is 7.58. The minimum absolute atomic E-state index is 0.0488. The molecule has 0 saturated carbocycles. The zero-order valence-corrected chi connectivity index (χ0v) is 11.4. The molecule has 84 valence electrons. The molecule has 2 rings (SSSR count). The topological polar surface area (TPSA) is 47.8 Å². The summed E-state index contributed by atoms with van der Waals surface area (Å²) in [4.78, 5) is 11.8. The molecule has 0 atom stereocenters. The van der Waals surface area contributed by atoms with Gasteiger partial charge in [0.15, 0.2) is 0 Å². The highest BCUT2D eigenvalue weighted by Crippen LogP contribution is 2.18. The summed E-state index contributed by atoms with van der Waals surface area (Å²) in [5.74, 6) is 0. The Morgan fingerprint density at radius 1 is 1.62 bits per heavy atom. The van der Waals surface area contributed by atoms with E-state index in [4.69, 9.17) is 11.6 Å². The average Bonchev–Trinajstić information content (AvgIpc) is 2.60. The van der Waals surface area contributed by atoms with Crippen LogP contribution in [0.15, 0.2) is 21.5 Å². The molecule has 0 radical (unpaired) electrons. The van der Waals surface area contributed by atoms with Crippen LogP contribution in [-0.4, -0.2) is 14.2 Å². The lowest BCUT2D eigenvalue weighted by Crippen LogP contribution is -2.22. The second kappa shape index (κ2) is 4.65. The molecule has 0 bridgehead atoms. The van der Waals surface area contributed by atoms with E-state index in [1.165, 1.54) is 0 Å². The third-order valence-electron chi connectivity index (χ3n) is 2.06. The molecule has 0 aliphatic carbocycles. The fraction of sp³-hybridized carbons (Fsp3) is 0.222. The van der Waals surface area contributed by atoms with Crippen LogP contribution in [0.1, 0.15) is 11.3 Å². The molecule has 16 heavy (non-hydrogen) atoms. The Morgan fingerprint density at radius 2 is 2.38 bits per heavy atom. The van der Waals surface area contributed by atoms with Gasteiger partial charge in [0.05, 0.1) is 6.54 Å². The van der Waals surface area contributed by atoms with E-state index in [2.05, 4.69) is 25.5 Å². The van der Waals surface area contributed by atoms with E-state index in [0.717, 1.165) is 16.0 Å². The molecule has 0 unspecified atom stereocenters. The van der Waals surface area contributed by atoms with Gasteiger partial charge in [-0.3, -0.25) is 4.79 Å². The van der Waals surface area contributed by atoms with E-state index in [9.17, 15) is 4.79 Å². The maximum Gasteiger partial charge on any atom is 0.253 e. The highest BCUT2D eigenvalue weighted by Gasteiger charge is 2.08. The summed E-state index contributed by atoms with van der Waals surface area (Å²) >= 11 is 10.3. The molecule has 0 aliphatic rings. The van der Waals surface area contributed by atoms with E-state index >= 15 is 0 Å². The zero-order chi connectivity index (χ0) is 11.7. The number of pyridine rings is 1. The standard InChI is InChI=1S/C9H7BrClN3OS/c1-5-2-6(10)3-14(9(5)15)4-7-8(11)16-13-12-7/h2-3H,4H2,1H3. The molecule has 0 amide bonds. The van der Waals surface area contributed by atoms with Crippen molar-refractivity contribution >= 4 is 39.1 Å². The monoisotopic (exact) mass is 319 g/mol. The first kappa shape index (κ1) is 11.8. The summed E-state index contributed by atoms with van der Waals surface area (Å²) in [6.07, 6.45) is 1.71. The number of aryl methyl sites for hydroxylation is 1. The summed E-state index contributed by atoms with van der Waals surface area (Å²) < 4.78 is 6.65. The first-order valence-electron chi connectivity index (χ1n) is 4.41. The normalized spacial score (nSPS) is 10.7. The zero-order valence-electron chi connectivity index (χ0n) is 8.28. The summed E-state index contributed by atoms with van der Waals surface area (Å²) in [6, 6.07) is 1.78. The van der Waals surface area contributed by atoms with Crippen molar-refractivity contribution in [2.45, 2.75) is 13.5 Å². The molecular weight excluding hydrogens is 314 g/mol. The van der Waals surface area contributed by atoms with Gasteiger partial charge < -0.3 is 4.57 Å². The number of aromatic nitrogens is 3. The molecule has 0 saturated heterocycles. The van der Waals surface area contributed by atoms with Crippen molar-refractivity contribution in [2.75, 3.05) is 0 Å². The lowest BCUT2D eigenvalue weighted by atomic mass is 10.3. The van der Waals surface area contributed by atoms with Gasteiger partial charge in [0.2, 0.25) is 0 Å². The van der Waals surface area contributed by atoms with Gasteiger partial charge in [-0.1, -0.05) is 16.1 Å². The van der Waals surface area contributed by atoms with Crippen LogP contribution in [0.3, 0.4) is 0 Å². The Kier molecular flexibility index (Phi) is 3.41. The van der Waals surface area contributed by atoms with Crippen LogP contribution in [0.4, 0.5) is 0 Å². The second-order valence-electron chi connectivity index (χ2n) is 3.27. The largest absolute Gasteiger partial charge is 0.308 e. The first-order valence-corrected chi connectivity index (χ1v) is 6.35. The van der Waals surface area contributed by atoms with E-state index in [1.54, 1.807) is 23.8 Å². The number of hydrogen-bond donors (Lipinski definition) is 0. The fourth-order valence-electron chi connectivity index (χ4n) is 1.31. The number of hydrogen-bond acceptors (Lipinski definition) is 4. The van der Waals surface area contributed by atoms with Crippen molar-refractivity contribution < 1.29 is 0 Å². The molecule has 2 heterocycles. The van der Waals surface area contributed by atoms with E-state index < -0.39 is 0 Å². The van der Waals surface area contributed by atoms with Gasteiger partial charge in [-0.25, -0.2) is 0 Å². The molecule has 0 fully saturated rings. The summed E-state index contributed by atoms with van der Waals surface area (Å²) in [5.41, 5.74) is 1.24. The number of rotatable bonds is 2. The van der Waals surface area contributed by atoms with Crippen molar-refractivity contribution in [3.8, 4) is 0 Å². The smallest absolute Gasteiger partial charge is 0.253 e. The van der Waals surface area contributed by atoms with Gasteiger partial charge in [0, 0.05) is 27.8 Å². The van der Waals surface area contributed by atoms with Crippen LogP contribution in [0, 0.1) is 6.92 Å². The molecule has 7 heteroatoms. The van der Waals surface area contributed by atoms with Crippen molar-refractivity contribution in [1.29, 1.82) is 0 Å². The lowest BCUT2D eigenvalue weighted by Gasteiger charge is -2.05. The number of nitrogens with zero attached hydrogens (tertiary/aromatic N) is 3. The SMILES string of the molecule is Cc1cc(Br)cn(Cc2nnsc2Cl)c1=O. The van der Waals surface area contributed by atoms with E-state index in [-0.39, 0.29) is 5.56 Å². The van der Waals surface area contributed by atoms with Gasteiger partial charge in [0.25, 0.3) is 5.56 Å². The molecule has 2 aromatic rings. The van der Waals surface area contributed by atoms with Gasteiger partial charge in [-0.05, 0) is 28.9 Å². The van der Waals surface area contributed by atoms with Crippen LogP contribution in [0.2, 0.25) is 4.34 Å². The lowest BCUT2D eigenvalue weighted by molar-refractivity contribution is 0.727. The summed E-state index contributed by atoms with van der Waals surface area (Å²) in [7, 11) is 0. The minimum atomic E-state index is -0.0488.